The molecule has 10 heteroatoms. The number of aromatic nitrogens is 1. The summed E-state index contributed by atoms with van der Waals surface area (Å²) >= 11 is 0. The van der Waals surface area contributed by atoms with E-state index >= 15 is 0 Å². The lowest BCUT2D eigenvalue weighted by molar-refractivity contribution is -0.120. The number of hydrogen-bond acceptors (Lipinski definition) is 5. The van der Waals surface area contributed by atoms with Crippen LogP contribution in [0.5, 0.6) is 5.75 Å². The van der Waals surface area contributed by atoms with Gasteiger partial charge >= 0.3 is 6.09 Å². The first kappa shape index (κ1) is 26.2. The Hall–Kier alpha value is -2.88. The molecule has 0 unspecified atom stereocenters. The second-order valence-corrected chi connectivity index (χ2v) is 7.66. The highest BCUT2D eigenvalue weighted by Gasteiger charge is 2.28. The van der Waals surface area contributed by atoms with E-state index in [1.807, 2.05) is 0 Å². The van der Waals surface area contributed by atoms with Crippen LogP contribution in [0.25, 0.3) is 0 Å². The molecule has 0 fully saturated rings. The van der Waals surface area contributed by atoms with E-state index in [0.717, 1.165) is 18.2 Å². The summed E-state index contributed by atoms with van der Waals surface area (Å²) in [6, 6.07) is 3.39. The number of nitrogens with one attached hydrogen (secondary N) is 1. The predicted molar refractivity (Wildman–Crippen MR) is 118 cm³/mol. The summed E-state index contributed by atoms with van der Waals surface area (Å²) in [5.41, 5.74) is -0.162. The van der Waals surface area contributed by atoms with Crippen LogP contribution in [0.15, 0.2) is 36.7 Å². The Morgan fingerprint density at radius 1 is 1.13 bits per heavy atom. The molecule has 1 N–H and O–H groups in total. The summed E-state index contributed by atoms with van der Waals surface area (Å²) in [5, 5.41) is 2.49. The van der Waals surface area contributed by atoms with Crippen molar-refractivity contribution >= 4 is 31.2 Å². The van der Waals surface area contributed by atoms with Gasteiger partial charge in [0.15, 0.2) is 0 Å². The molecule has 2 aromatic rings. The number of anilines is 1. The number of benzene rings is 1. The van der Waals surface area contributed by atoms with Crippen molar-refractivity contribution in [3.63, 3.8) is 0 Å². The Bertz CT molecular complexity index is 901. The molecule has 0 bridgehead atoms. The van der Waals surface area contributed by atoms with Gasteiger partial charge in [0.2, 0.25) is 5.91 Å². The SMILES string of the molecule is COc1cncc(N(C)C(=O)[C@H](Cc2cc(F)cc(F)c2)NC(=O)OC(C)(C)C)c1.S. The van der Waals surface area contributed by atoms with Crippen LogP contribution in [0, 0.1) is 11.6 Å². The summed E-state index contributed by atoms with van der Waals surface area (Å²) < 4.78 is 37.5. The van der Waals surface area contributed by atoms with Crippen LogP contribution in [0.1, 0.15) is 26.3 Å². The monoisotopic (exact) mass is 455 g/mol. The van der Waals surface area contributed by atoms with Crippen LogP contribution in [0.4, 0.5) is 19.3 Å². The van der Waals surface area contributed by atoms with E-state index in [-0.39, 0.29) is 25.5 Å². The number of methoxy groups -OCH3 is 1. The molecule has 2 amide bonds. The van der Waals surface area contributed by atoms with Crippen LogP contribution in [-0.2, 0) is 16.0 Å². The van der Waals surface area contributed by atoms with Gasteiger partial charge in [0.25, 0.3) is 0 Å². The molecule has 1 atom stereocenters. The highest BCUT2D eigenvalue weighted by molar-refractivity contribution is 7.59. The van der Waals surface area contributed by atoms with Gasteiger partial charge < -0.3 is 19.7 Å². The van der Waals surface area contributed by atoms with Gasteiger partial charge in [-0.15, -0.1) is 0 Å². The van der Waals surface area contributed by atoms with Crippen molar-refractivity contribution in [3.05, 3.63) is 53.9 Å². The molecule has 0 aliphatic heterocycles. The number of halogens is 2. The molecule has 31 heavy (non-hydrogen) atoms. The van der Waals surface area contributed by atoms with E-state index in [0.29, 0.717) is 11.4 Å². The first-order chi connectivity index (χ1) is 14.0. The van der Waals surface area contributed by atoms with Gasteiger partial charge in [-0.3, -0.25) is 9.78 Å². The van der Waals surface area contributed by atoms with E-state index in [2.05, 4.69) is 10.3 Å². The second-order valence-electron chi connectivity index (χ2n) is 7.66. The van der Waals surface area contributed by atoms with E-state index in [1.165, 1.54) is 31.5 Å². The highest BCUT2D eigenvalue weighted by Crippen LogP contribution is 2.20. The maximum Gasteiger partial charge on any atom is 0.408 e. The number of hydrogen-bond donors (Lipinski definition) is 1. The lowest BCUT2D eigenvalue weighted by Gasteiger charge is -2.26. The number of likely N-dealkylation sites (N-methyl/N-ethyl adjacent to an activating group) is 1. The van der Waals surface area contributed by atoms with Crippen LogP contribution in [0.2, 0.25) is 0 Å². The van der Waals surface area contributed by atoms with E-state index in [4.69, 9.17) is 9.47 Å². The molecule has 0 spiro atoms. The number of rotatable bonds is 6. The third kappa shape index (κ3) is 8.05. The fourth-order valence-corrected chi connectivity index (χ4v) is 2.68. The van der Waals surface area contributed by atoms with E-state index < -0.39 is 35.3 Å². The van der Waals surface area contributed by atoms with E-state index in [1.54, 1.807) is 26.8 Å². The first-order valence-electron chi connectivity index (χ1n) is 9.19. The molecular weight excluding hydrogens is 428 g/mol. The van der Waals surface area contributed by atoms with Gasteiger partial charge in [0.05, 0.1) is 25.2 Å². The average Bonchev–Trinajstić information content (AvgIpc) is 2.64. The quantitative estimate of drug-likeness (QED) is 0.720. The minimum atomic E-state index is -1.14. The number of amides is 2. The van der Waals surface area contributed by atoms with Gasteiger partial charge in [0, 0.05) is 25.6 Å². The number of carbonyl (C=O) groups is 2. The largest absolute Gasteiger partial charge is 0.495 e. The van der Waals surface area contributed by atoms with Gasteiger partial charge in [-0.05, 0) is 38.5 Å². The van der Waals surface area contributed by atoms with Gasteiger partial charge in [0.1, 0.15) is 29.0 Å². The van der Waals surface area contributed by atoms with Crippen molar-refractivity contribution in [2.45, 2.75) is 38.8 Å². The molecule has 1 aromatic carbocycles. The van der Waals surface area contributed by atoms with Crippen molar-refractivity contribution in [3.8, 4) is 5.75 Å². The predicted octanol–water partition coefficient (Wildman–Crippen LogP) is 3.58. The number of nitrogens with zero attached hydrogens (tertiary/aromatic N) is 2. The van der Waals surface area contributed by atoms with Crippen molar-refractivity contribution < 1.29 is 27.8 Å². The zero-order valence-corrected chi connectivity index (χ0v) is 19.0. The molecule has 1 heterocycles. The first-order valence-corrected chi connectivity index (χ1v) is 9.19. The Labute approximate surface area is 187 Å². The van der Waals surface area contributed by atoms with E-state index in [9.17, 15) is 18.4 Å². The molecular formula is C21H27F2N3O4S. The lowest BCUT2D eigenvalue weighted by atomic mass is 10.0. The lowest BCUT2D eigenvalue weighted by Crippen LogP contribution is -2.50. The second kappa shape index (κ2) is 10.9. The Morgan fingerprint density at radius 3 is 2.29 bits per heavy atom. The third-order valence-electron chi connectivity index (χ3n) is 4.00. The molecule has 7 nitrogen and oxygen atoms in total. The summed E-state index contributed by atoms with van der Waals surface area (Å²) in [5.74, 6) is -1.64. The minimum absolute atomic E-state index is 0. The van der Waals surface area contributed by atoms with Crippen molar-refractivity contribution in [1.29, 1.82) is 0 Å². The fraction of sp³-hybridized carbons (Fsp3) is 0.381. The summed E-state index contributed by atoms with van der Waals surface area (Å²) in [4.78, 5) is 30.7. The van der Waals surface area contributed by atoms with Crippen LogP contribution < -0.4 is 15.0 Å². The number of ether oxygens (including phenoxy) is 2. The minimum Gasteiger partial charge on any atom is -0.495 e. The number of carbonyl (C=O) groups excluding carboxylic acids is 2. The maximum atomic E-state index is 13.6. The average molecular weight is 456 g/mol. The summed E-state index contributed by atoms with van der Waals surface area (Å²) in [6.07, 6.45) is 1.96. The fourth-order valence-electron chi connectivity index (χ4n) is 2.68. The maximum absolute atomic E-state index is 13.6. The van der Waals surface area contributed by atoms with Gasteiger partial charge in [-0.1, -0.05) is 0 Å². The molecule has 2 rings (SSSR count). The van der Waals surface area contributed by atoms with Gasteiger partial charge in [-0.2, -0.15) is 13.5 Å². The summed E-state index contributed by atoms with van der Waals surface area (Å²) in [7, 11) is 2.96. The molecule has 0 saturated carbocycles. The van der Waals surface area contributed by atoms with Crippen LogP contribution >= 0.6 is 13.5 Å². The Morgan fingerprint density at radius 2 is 1.74 bits per heavy atom. The normalized spacial score (nSPS) is 11.7. The van der Waals surface area contributed by atoms with Gasteiger partial charge in [-0.25, -0.2) is 13.6 Å². The standard InChI is InChI=1S/C21H25F2N3O4.H2S/c1-21(2,3)30-20(28)25-18(8-13-6-14(22)9-15(23)7-13)19(27)26(4)16-10-17(29-5)12-24-11-16;/h6-7,9-12,18H,8H2,1-5H3,(H,25,28);1H2/t18-;/m0./s1. The molecule has 1 aromatic heterocycles. The molecule has 170 valence electrons. The zero-order valence-electron chi connectivity index (χ0n) is 18.0. The molecule has 0 radical (unpaired) electrons. The molecule has 0 aliphatic rings. The van der Waals surface area contributed by atoms with Crippen LogP contribution in [-0.4, -0.2) is 42.8 Å². The Kier molecular flexibility index (Phi) is 9.23. The number of pyridine rings is 1. The topological polar surface area (TPSA) is 80.8 Å². The molecule has 0 aliphatic carbocycles. The number of alkyl carbamates (subject to hydrolysis) is 1. The van der Waals surface area contributed by atoms with Crippen molar-refractivity contribution in [1.82, 2.24) is 10.3 Å². The molecule has 0 saturated heterocycles. The Balaban J connectivity index is 0.00000480. The van der Waals surface area contributed by atoms with Crippen molar-refractivity contribution in [2.75, 3.05) is 19.1 Å². The van der Waals surface area contributed by atoms with Crippen LogP contribution in [0.3, 0.4) is 0 Å². The highest BCUT2D eigenvalue weighted by atomic mass is 32.1. The zero-order chi connectivity index (χ0) is 22.5. The third-order valence-corrected chi connectivity index (χ3v) is 4.00. The van der Waals surface area contributed by atoms with Crippen molar-refractivity contribution in [2.24, 2.45) is 0 Å². The smallest absolute Gasteiger partial charge is 0.408 e. The summed E-state index contributed by atoms with van der Waals surface area (Å²) in [6.45, 7) is 5.04.